The van der Waals surface area contributed by atoms with Gasteiger partial charge in [0.15, 0.2) is 0 Å². The minimum Gasteiger partial charge on any atom is -0.492 e. The number of hydrogen-bond acceptors (Lipinski definition) is 2. The molecule has 1 atom stereocenters. The fourth-order valence-electron chi connectivity index (χ4n) is 2.69. The maximum absolute atomic E-state index is 12.1. The molecule has 1 unspecified atom stereocenters. The van der Waals surface area contributed by atoms with Crippen LogP contribution in [-0.2, 0) is 4.79 Å². The molecule has 0 heterocycles. The van der Waals surface area contributed by atoms with Gasteiger partial charge in [0, 0.05) is 13.5 Å². The van der Waals surface area contributed by atoms with E-state index < -0.39 is 0 Å². The van der Waals surface area contributed by atoms with Gasteiger partial charge in [-0.3, -0.25) is 4.79 Å². The number of amides is 1. The smallest absolute Gasteiger partial charge is 0.223 e. The highest BCUT2D eigenvalue weighted by atomic mass is 16.5. The summed E-state index contributed by atoms with van der Waals surface area (Å²) >= 11 is 0. The second kappa shape index (κ2) is 7.30. The normalized spacial score (nSPS) is 17.0. The standard InChI is InChI=1S/C18H25NO2/c1-14-10-15(2)12-17(11-14)21-9-8-19(3)18(20)13-16-6-4-5-7-16/h4,6,10-12,16H,5,7-9,13H2,1-3H3. The molecule has 0 bridgehead atoms. The van der Waals surface area contributed by atoms with E-state index in [1.807, 2.05) is 19.2 Å². The third kappa shape index (κ3) is 4.92. The van der Waals surface area contributed by atoms with Crippen molar-refractivity contribution in [2.75, 3.05) is 20.2 Å². The highest BCUT2D eigenvalue weighted by Crippen LogP contribution is 2.21. The Kier molecular flexibility index (Phi) is 5.43. The van der Waals surface area contributed by atoms with Crippen molar-refractivity contribution in [1.82, 2.24) is 4.90 Å². The van der Waals surface area contributed by atoms with E-state index in [4.69, 9.17) is 4.74 Å². The first kappa shape index (κ1) is 15.6. The molecule has 1 aromatic carbocycles. The fraction of sp³-hybridized carbons (Fsp3) is 0.500. The highest BCUT2D eigenvalue weighted by molar-refractivity contribution is 5.76. The summed E-state index contributed by atoms with van der Waals surface area (Å²) in [7, 11) is 1.85. The number of rotatable bonds is 6. The Balaban J connectivity index is 1.74. The van der Waals surface area contributed by atoms with E-state index >= 15 is 0 Å². The summed E-state index contributed by atoms with van der Waals surface area (Å²) in [6.07, 6.45) is 7.17. The predicted octanol–water partition coefficient (Wildman–Crippen LogP) is 3.50. The maximum atomic E-state index is 12.1. The second-order valence-electron chi connectivity index (χ2n) is 5.96. The topological polar surface area (TPSA) is 29.5 Å². The van der Waals surface area contributed by atoms with E-state index in [1.165, 1.54) is 11.1 Å². The lowest BCUT2D eigenvalue weighted by atomic mass is 10.0. The molecule has 0 N–H and O–H groups in total. The lowest BCUT2D eigenvalue weighted by Gasteiger charge is -2.19. The number of benzene rings is 1. The van der Waals surface area contributed by atoms with Crippen LogP contribution in [0.5, 0.6) is 5.75 Å². The Morgan fingerprint density at radius 2 is 2.00 bits per heavy atom. The van der Waals surface area contributed by atoms with E-state index in [1.54, 1.807) is 4.90 Å². The molecule has 1 aliphatic carbocycles. The van der Waals surface area contributed by atoms with Crippen LogP contribution < -0.4 is 4.74 Å². The Morgan fingerprint density at radius 1 is 1.29 bits per heavy atom. The first-order valence-corrected chi connectivity index (χ1v) is 7.66. The molecule has 3 nitrogen and oxygen atoms in total. The lowest BCUT2D eigenvalue weighted by Crippen LogP contribution is -2.31. The molecule has 1 aromatic rings. The van der Waals surface area contributed by atoms with E-state index in [2.05, 4.69) is 32.1 Å². The van der Waals surface area contributed by atoms with Gasteiger partial charge in [-0.2, -0.15) is 0 Å². The first-order chi connectivity index (χ1) is 10.0. The summed E-state index contributed by atoms with van der Waals surface area (Å²) in [6.45, 7) is 5.28. The number of allylic oxidation sites excluding steroid dienone is 2. The molecule has 114 valence electrons. The third-order valence-electron chi connectivity index (χ3n) is 3.87. The van der Waals surface area contributed by atoms with Crippen LogP contribution >= 0.6 is 0 Å². The van der Waals surface area contributed by atoms with Gasteiger partial charge in [-0.15, -0.1) is 0 Å². The average molecular weight is 287 g/mol. The van der Waals surface area contributed by atoms with Crippen LogP contribution in [0.2, 0.25) is 0 Å². The van der Waals surface area contributed by atoms with Crippen molar-refractivity contribution in [3.8, 4) is 5.75 Å². The Hall–Kier alpha value is -1.77. The van der Waals surface area contributed by atoms with Crippen LogP contribution in [0.25, 0.3) is 0 Å². The predicted molar refractivity (Wildman–Crippen MR) is 85.5 cm³/mol. The molecule has 0 spiro atoms. The summed E-state index contributed by atoms with van der Waals surface area (Å²) in [4.78, 5) is 13.9. The molecule has 1 amide bonds. The third-order valence-corrected chi connectivity index (χ3v) is 3.87. The molecule has 0 aliphatic heterocycles. The van der Waals surface area contributed by atoms with Crippen molar-refractivity contribution in [3.63, 3.8) is 0 Å². The van der Waals surface area contributed by atoms with Crippen molar-refractivity contribution in [2.45, 2.75) is 33.1 Å². The summed E-state index contributed by atoms with van der Waals surface area (Å²) < 4.78 is 5.75. The molecular weight excluding hydrogens is 262 g/mol. The summed E-state index contributed by atoms with van der Waals surface area (Å²) in [5.74, 6) is 1.52. The van der Waals surface area contributed by atoms with Crippen LogP contribution in [0.3, 0.4) is 0 Å². The minimum atomic E-state index is 0.204. The Morgan fingerprint density at radius 3 is 2.62 bits per heavy atom. The second-order valence-corrected chi connectivity index (χ2v) is 5.96. The molecule has 1 aliphatic rings. The van der Waals surface area contributed by atoms with E-state index in [9.17, 15) is 4.79 Å². The van der Waals surface area contributed by atoms with E-state index in [0.29, 0.717) is 25.5 Å². The summed E-state index contributed by atoms with van der Waals surface area (Å²) in [5, 5.41) is 0. The molecule has 0 radical (unpaired) electrons. The molecule has 0 fully saturated rings. The molecular formula is C18H25NO2. The van der Waals surface area contributed by atoms with E-state index in [-0.39, 0.29) is 5.91 Å². The van der Waals surface area contributed by atoms with Crippen molar-refractivity contribution in [1.29, 1.82) is 0 Å². The molecule has 0 aromatic heterocycles. The largest absolute Gasteiger partial charge is 0.492 e. The summed E-state index contributed by atoms with van der Waals surface area (Å²) in [6, 6.07) is 6.17. The monoisotopic (exact) mass is 287 g/mol. The minimum absolute atomic E-state index is 0.204. The van der Waals surface area contributed by atoms with Crippen LogP contribution in [0.1, 0.15) is 30.4 Å². The molecule has 2 rings (SSSR count). The van der Waals surface area contributed by atoms with Crippen molar-refractivity contribution < 1.29 is 9.53 Å². The average Bonchev–Trinajstić information content (AvgIpc) is 2.90. The van der Waals surface area contributed by atoms with Gasteiger partial charge in [-0.05, 0) is 55.9 Å². The van der Waals surface area contributed by atoms with Crippen LogP contribution in [0, 0.1) is 19.8 Å². The van der Waals surface area contributed by atoms with Crippen LogP contribution in [0.15, 0.2) is 30.4 Å². The maximum Gasteiger partial charge on any atom is 0.223 e. The van der Waals surface area contributed by atoms with Crippen molar-refractivity contribution in [2.24, 2.45) is 5.92 Å². The van der Waals surface area contributed by atoms with Gasteiger partial charge in [0.1, 0.15) is 12.4 Å². The quantitative estimate of drug-likeness (QED) is 0.749. The lowest BCUT2D eigenvalue weighted by molar-refractivity contribution is -0.130. The van der Waals surface area contributed by atoms with Crippen LogP contribution in [-0.4, -0.2) is 31.0 Å². The van der Waals surface area contributed by atoms with Gasteiger partial charge in [0.05, 0.1) is 6.54 Å². The molecule has 0 saturated heterocycles. The molecule has 3 heteroatoms. The number of nitrogens with zero attached hydrogens (tertiary/aromatic N) is 1. The number of aryl methyl sites for hydroxylation is 2. The summed E-state index contributed by atoms with van der Waals surface area (Å²) in [5.41, 5.74) is 2.39. The number of hydrogen-bond donors (Lipinski definition) is 0. The van der Waals surface area contributed by atoms with Crippen molar-refractivity contribution in [3.05, 3.63) is 41.5 Å². The zero-order valence-corrected chi connectivity index (χ0v) is 13.3. The molecule has 0 saturated carbocycles. The number of likely N-dealkylation sites (N-methyl/N-ethyl adjacent to an activating group) is 1. The van der Waals surface area contributed by atoms with Gasteiger partial charge in [-0.25, -0.2) is 0 Å². The van der Waals surface area contributed by atoms with Gasteiger partial charge in [-0.1, -0.05) is 18.2 Å². The zero-order valence-electron chi connectivity index (χ0n) is 13.3. The Bertz CT molecular complexity index is 502. The molecule has 21 heavy (non-hydrogen) atoms. The van der Waals surface area contributed by atoms with Gasteiger partial charge in [0.25, 0.3) is 0 Å². The number of ether oxygens (including phenoxy) is 1. The van der Waals surface area contributed by atoms with Crippen molar-refractivity contribution >= 4 is 5.91 Å². The van der Waals surface area contributed by atoms with Gasteiger partial charge in [0.2, 0.25) is 5.91 Å². The first-order valence-electron chi connectivity index (χ1n) is 7.66. The van der Waals surface area contributed by atoms with Crippen LogP contribution in [0.4, 0.5) is 0 Å². The van der Waals surface area contributed by atoms with E-state index in [0.717, 1.165) is 18.6 Å². The zero-order chi connectivity index (χ0) is 15.2. The number of carbonyl (C=O) groups is 1. The highest BCUT2D eigenvalue weighted by Gasteiger charge is 2.16. The number of carbonyl (C=O) groups excluding carboxylic acids is 1. The van der Waals surface area contributed by atoms with Gasteiger partial charge >= 0.3 is 0 Å². The Labute approximate surface area is 127 Å². The fourth-order valence-corrected chi connectivity index (χ4v) is 2.69. The van der Waals surface area contributed by atoms with Gasteiger partial charge < -0.3 is 9.64 Å². The SMILES string of the molecule is Cc1cc(C)cc(OCCN(C)C(=O)CC2C=CCC2)c1.